The standard InChI is InChI=1S/C17H20F2N3O5P/c1-10-5-11(2)7-12(6-10)27-28(24)25-9-13-8-17(18,19)15(26-13)22-4-3-14(20)21-16(22)23/h3-7,13,15,24H,8-9H2,1-2H3,(H2,20,21,23). The van der Waals surface area contributed by atoms with Crippen LogP contribution in [0.5, 0.6) is 5.75 Å². The van der Waals surface area contributed by atoms with Gasteiger partial charge in [-0.15, -0.1) is 0 Å². The highest BCUT2D eigenvalue weighted by Crippen LogP contribution is 2.43. The second-order valence-corrected chi connectivity index (χ2v) is 7.48. The van der Waals surface area contributed by atoms with Crippen LogP contribution in [-0.2, 0) is 9.26 Å². The maximum atomic E-state index is 14.3. The van der Waals surface area contributed by atoms with Crippen LogP contribution in [-0.4, -0.2) is 33.1 Å². The molecule has 2 aromatic rings. The minimum absolute atomic E-state index is 0.0723. The summed E-state index contributed by atoms with van der Waals surface area (Å²) in [6.07, 6.45) is -2.44. The molecule has 28 heavy (non-hydrogen) atoms. The number of rotatable bonds is 6. The molecule has 0 spiro atoms. The molecule has 3 atom stereocenters. The summed E-state index contributed by atoms with van der Waals surface area (Å²) in [5.41, 5.74) is 6.33. The topological polar surface area (TPSA) is 109 Å². The lowest BCUT2D eigenvalue weighted by atomic mass is 10.1. The van der Waals surface area contributed by atoms with Gasteiger partial charge in [-0.25, -0.2) is 13.6 Å². The first-order valence-corrected chi connectivity index (χ1v) is 9.53. The minimum Gasteiger partial charge on any atom is -0.427 e. The maximum Gasteiger partial charge on any atom is 0.394 e. The number of hydrogen-bond donors (Lipinski definition) is 2. The van der Waals surface area contributed by atoms with Crippen molar-refractivity contribution in [2.24, 2.45) is 0 Å². The van der Waals surface area contributed by atoms with Gasteiger partial charge in [-0.05, 0) is 43.2 Å². The van der Waals surface area contributed by atoms with E-state index in [1.165, 1.54) is 6.07 Å². The van der Waals surface area contributed by atoms with Crippen molar-refractivity contribution in [2.45, 2.75) is 38.5 Å². The Bertz CT molecular complexity index is 890. The van der Waals surface area contributed by atoms with Gasteiger partial charge in [0.25, 0.3) is 5.92 Å². The molecule has 1 saturated heterocycles. The molecular weight excluding hydrogens is 395 g/mol. The Hall–Kier alpha value is -2.13. The largest absolute Gasteiger partial charge is 0.427 e. The van der Waals surface area contributed by atoms with Crippen molar-refractivity contribution in [3.8, 4) is 5.75 Å². The Balaban J connectivity index is 1.60. The molecule has 1 aliphatic heterocycles. The van der Waals surface area contributed by atoms with Crippen LogP contribution in [0, 0.1) is 13.8 Å². The Labute approximate surface area is 160 Å². The van der Waals surface area contributed by atoms with Gasteiger partial charge < -0.3 is 19.9 Å². The number of benzene rings is 1. The second kappa shape index (κ2) is 8.08. The molecule has 2 heterocycles. The number of nitrogens with zero attached hydrogens (tertiary/aromatic N) is 2. The van der Waals surface area contributed by atoms with Gasteiger partial charge in [0, 0.05) is 12.6 Å². The van der Waals surface area contributed by atoms with Crippen molar-refractivity contribution in [3.05, 3.63) is 52.1 Å². The summed E-state index contributed by atoms with van der Waals surface area (Å²) in [7, 11) is -2.33. The van der Waals surface area contributed by atoms with Crippen molar-refractivity contribution in [3.63, 3.8) is 0 Å². The molecule has 1 aromatic heterocycles. The van der Waals surface area contributed by atoms with Gasteiger partial charge in [-0.3, -0.25) is 9.09 Å². The third-order valence-electron chi connectivity index (χ3n) is 4.04. The Morgan fingerprint density at radius 1 is 1.39 bits per heavy atom. The fourth-order valence-corrected chi connectivity index (χ4v) is 3.59. The van der Waals surface area contributed by atoms with Gasteiger partial charge in [0.2, 0.25) is 6.23 Å². The van der Waals surface area contributed by atoms with Crippen molar-refractivity contribution >= 4 is 14.4 Å². The summed E-state index contributed by atoms with van der Waals surface area (Å²) in [4.78, 5) is 25.2. The van der Waals surface area contributed by atoms with E-state index in [-0.39, 0.29) is 12.4 Å². The molecule has 3 unspecified atom stereocenters. The van der Waals surface area contributed by atoms with E-state index in [1.807, 2.05) is 19.9 Å². The van der Waals surface area contributed by atoms with Crippen molar-refractivity contribution in [1.29, 1.82) is 0 Å². The van der Waals surface area contributed by atoms with E-state index in [2.05, 4.69) is 4.98 Å². The molecule has 0 bridgehead atoms. The van der Waals surface area contributed by atoms with Crippen molar-refractivity contribution < 1.29 is 27.5 Å². The van der Waals surface area contributed by atoms with Crippen LogP contribution in [0.15, 0.2) is 35.3 Å². The number of anilines is 1. The molecule has 3 rings (SSSR count). The Morgan fingerprint density at radius 2 is 2.07 bits per heavy atom. The van der Waals surface area contributed by atoms with E-state index in [0.717, 1.165) is 17.3 Å². The highest BCUT2D eigenvalue weighted by molar-refractivity contribution is 7.41. The average Bonchev–Trinajstić information content (AvgIpc) is 2.86. The molecule has 8 nitrogen and oxygen atoms in total. The first kappa shape index (κ1) is 20.6. The first-order chi connectivity index (χ1) is 13.1. The van der Waals surface area contributed by atoms with Gasteiger partial charge in [0.1, 0.15) is 11.6 Å². The number of alkyl halides is 2. The van der Waals surface area contributed by atoms with Crippen LogP contribution in [0.1, 0.15) is 23.8 Å². The zero-order chi connectivity index (χ0) is 20.5. The number of nitrogen functional groups attached to an aromatic ring is 1. The number of aromatic nitrogens is 2. The minimum atomic E-state index is -3.32. The number of halogens is 2. The van der Waals surface area contributed by atoms with Gasteiger partial charge in [-0.1, -0.05) is 6.07 Å². The lowest BCUT2D eigenvalue weighted by Gasteiger charge is -2.19. The molecule has 1 fully saturated rings. The summed E-state index contributed by atoms with van der Waals surface area (Å²) in [5, 5.41) is 0. The van der Waals surface area contributed by atoms with E-state index in [9.17, 15) is 18.5 Å². The normalized spacial score (nSPS) is 22.2. The molecule has 1 aromatic carbocycles. The highest BCUT2D eigenvalue weighted by atomic mass is 31.2. The zero-order valence-corrected chi connectivity index (χ0v) is 16.1. The molecule has 152 valence electrons. The van der Waals surface area contributed by atoms with E-state index in [4.69, 9.17) is 19.5 Å². The molecule has 0 aliphatic carbocycles. The lowest BCUT2D eigenvalue weighted by molar-refractivity contribution is -0.119. The molecule has 0 radical (unpaired) electrons. The SMILES string of the molecule is Cc1cc(C)cc(OP(O)OCC2CC(F)(F)C(n3ccc(N)nc3=O)O2)c1. The summed E-state index contributed by atoms with van der Waals surface area (Å²) in [5.74, 6) is -2.97. The van der Waals surface area contributed by atoms with E-state index < -0.39 is 39.0 Å². The van der Waals surface area contributed by atoms with Gasteiger partial charge in [0.05, 0.1) is 12.7 Å². The highest BCUT2D eigenvalue weighted by Gasteiger charge is 2.52. The molecule has 1 aliphatic rings. The number of hydrogen-bond acceptors (Lipinski definition) is 7. The zero-order valence-electron chi connectivity index (χ0n) is 15.2. The fourth-order valence-electron chi connectivity index (χ4n) is 2.95. The summed E-state index contributed by atoms with van der Waals surface area (Å²) in [6, 6.07) is 6.61. The number of aryl methyl sites for hydroxylation is 2. The average molecular weight is 415 g/mol. The van der Waals surface area contributed by atoms with E-state index in [1.54, 1.807) is 12.1 Å². The number of nitrogens with two attached hydrogens (primary N) is 1. The van der Waals surface area contributed by atoms with E-state index >= 15 is 0 Å². The van der Waals surface area contributed by atoms with Gasteiger partial charge >= 0.3 is 14.3 Å². The molecule has 0 amide bonds. The van der Waals surface area contributed by atoms with Crippen LogP contribution in [0.3, 0.4) is 0 Å². The maximum absolute atomic E-state index is 14.3. The Morgan fingerprint density at radius 3 is 2.71 bits per heavy atom. The Kier molecular flexibility index (Phi) is 5.95. The van der Waals surface area contributed by atoms with Gasteiger partial charge in [0.15, 0.2) is 0 Å². The van der Waals surface area contributed by atoms with E-state index in [0.29, 0.717) is 10.3 Å². The van der Waals surface area contributed by atoms with Gasteiger partial charge in [-0.2, -0.15) is 4.98 Å². The summed E-state index contributed by atoms with van der Waals surface area (Å²) < 4.78 is 45.0. The number of ether oxygens (including phenoxy) is 1. The van der Waals surface area contributed by atoms with Crippen molar-refractivity contribution in [1.82, 2.24) is 9.55 Å². The van der Waals surface area contributed by atoms with Crippen LogP contribution in [0.4, 0.5) is 14.6 Å². The van der Waals surface area contributed by atoms with Crippen LogP contribution >= 0.6 is 8.60 Å². The quantitative estimate of drug-likeness (QED) is 0.699. The second-order valence-electron chi connectivity index (χ2n) is 6.57. The first-order valence-electron chi connectivity index (χ1n) is 8.40. The monoisotopic (exact) mass is 415 g/mol. The molecule has 11 heteroatoms. The third kappa shape index (κ3) is 4.82. The molecule has 0 saturated carbocycles. The molecule has 3 N–H and O–H groups in total. The van der Waals surface area contributed by atoms with Crippen LogP contribution in [0.25, 0.3) is 0 Å². The predicted octanol–water partition coefficient (Wildman–Crippen LogP) is 2.68. The summed E-state index contributed by atoms with van der Waals surface area (Å²) in [6.45, 7) is 3.43. The van der Waals surface area contributed by atoms with Crippen LogP contribution < -0.4 is 15.9 Å². The molecular formula is C17H20F2N3O5P. The fraction of sp³-hybridized carbons (Fsp3) is 0.412. The third-order valence-corrected chi connectivity index (χ3v) is 4.77. The van der Waals surface area contributed by atoms with Crippen LogP contribution in [0.2, 0.25) is 0 Å². The predicted molar refractivity (Wildman–Crippen MR) is 98.0 cm³/mol. The summed E-state index contributed by atoms with van der Waals surface area (Å²) >= 11 is 0. The van der Waals surface area contributed by atoms with Crippen molar-refractivity contribution in [2.75, 3.05) is 12.3 Å². The smallest absolute Gasteiger partial charge is 0.394 e. The lowest BCUT2D eigenvalue weighted by Crippen LogP contribution is -2.35.